The number of rotatable bonds is 4. The van der Waals surface area contributed by atoms with Crippen LogP contribution in [0.3, 0.4) is 0 Å². The van der Waals surface area contributed by atoms with Crippen LogP contribution in [0.25, 0.3) is 0 Å². The monoisotopic (exact) mass is 213 g/mol. The predicted octanol–water partition coefficient (Wildman–Crippen LogP) is 2.74. The van der Waals surface area contributed by atoms with E-state index in [0.717, 1.165) is 17.9 Å². The van der Waals surface area contributed by atoms with Crippen molar-refractivity contribution in [3.8, 4) is 0 Å². The highest BCUT2D eigenvalue weighted by Crippen LogP contribution is 2.11. The van der Waals surface area contributed by atoms with Gasteiger partial charge in [0.15, 0.2) is 0 Å². The Labute approximate surface area is 95.5 Å². The zero-order valence-corrected chi connectivity index (χ0v) is 9.27. The fraction of sp³-hybridized carbons (Fsp3) is 0.154. The van der Waals surface area contributed by atoms with Gasteiger partial charge in [-0.2, -0.15) is 0 Å². The molecule has 82 valence electrons. The molecular formula is C13H15N3. The highest BCUT2D eigenvalue weighted by molar-refractivity contribution is 5.46. The van der Waals surface area contributed by atoms with Crippen LogP contribution in [0.5, 0.6) is 0 Å². The van der Waals surface area contributed by atoms with Gasteiger partial charge in [0.05, 0.1) is 0 Å². The Morgan fingerprint density at radius 2 is 1.62 bits per heavy atom. The van der Waals surface area contributed by atoms with Crippen LogP contribution >= 0.6 is 0 Å². The summed E-state index contributed by atoms with van der Waals surface area (Å²) >= 11 is 0. The lowest BCUT2D eigenvalue weighted by Gasteiger charge is -2.06. The van der Waals surface area contributed by atoms with Crippen LogP contribution in [0.4, 0.5) is 11.4 Å². The smallest absolute Gasteiger partial charge is 0.0400 e. The molecule has 0 saturated heterocycles. The number of benzene rings is 1. The van der Waals surface area contributed by atoms with E-state index in [1.54, 1.807) is 12.4 Å². The lowest BCUT2D eigenvalue weighted by Crippen LogP contribution is -1.99. The van der Waals surface area contributed by atoms with Crippen molar-refractivity contribution < 1.29 is 0 Å². The number of pyridine rings is 1. The van der Waals surface area contributed by atoms with Crippen LogP contribution in [-0.4, -0.2) is 12.0 Å². The molecule has 3 heteroatoms. The van der Waals surface area contributed by atoms with Gasteiger partial charge in [-0.25, -0.2) is 0 Å². The Morgan fingerprint density at radius 3 is 2.25 bits per heavy atom. The van der Waals surface area contributed by atoms with Crippen LogP contribution in [0.2, 0.25) is 0 Å². The molecule has 1 aromatic heterocycles. The van der Waals surface area contributed by atoms with Gasteiger partial charge in [-0.15, -0.1) is 0 Å². The van der Waals surface area contributed by atoms with Crippen LogP contribution in [0, 0.1) is 0 Å². The lowest BCUT2D eigenvalue weighted by atomic mass is 10.2. The third kappa shape index (κ3) is 2.73. The summed E-state index contributed by atoms with van der Waals surface area (Å²) < 4.78 is 0. The van der Waals surface area contributed by atoms with Gasteiger partial charge in [0.2, 0.25) is 0 Å². The Hall–Kier alpha value is -2.03. The third-order valence-electron chi connectivity index (χ3n) is 2.42. The summed E-state index contributed by atoms with van der Waals surface area (Å²) in [6.07, 6.45) is 3.57. The molecule has 0 unspecified atom stereocenters. The molecule has 0 atom stereocenters. The van der Waals surface area contributed by atoms with Crippen molar-refractivity contribution in [2.75, 3.05) is 17.7 Å². The van der Waals surface area contributed by atoms with Gasteiger partial charge in [0.25, 0.3) is 0 Å². The Kier molecular flexibility index (Phi) is 3.38. The number of nitrogens with one attached hydrogen (secondary N) is 2. The fourth-order valence-electron chi connectivity index (χ4n) is 1.46. The maximum Gasteiger partial charge on any atom is 0.0400 e. The summed E-state index contributed by atoms with van der Waals surface area (Å²) in [6.45, 7) is 0.827. The molecule has 2 rings (SSSR count). The summed E-state index contributed by atoms with van der Waals surface area (Å²) in [5.41, 5.74) is 3.48. The first-order valence-electron chi connectivity index (χ1n) is 5.29. The molecule has 0 radical (unpaired) electrons. The molecule has 0 spiro atoms. The second-order valence-corrected chi connectivity index (χ2v) is 3.54. The van der Waals surface area contributed by atoms with E-state index in [1.807, 2.05) is 19.2 Å². The average molecular weight is 213 g/mol. The second-order valence-electron chi connectivity index (χ2n) is 3.54. The van der Waals surface area contributed by atoms with Crippen molar-refractivity contribution in [2.24, 2.45) is 0 Å². The van der Waals surface area contributed by atoms with Gasteiger partial charge < -0.3 is 10.6 Å². The lowest BCUT2D eigenvalue weighted by molar-refractivity contribution is 1.14. The molecule has 0 saturated carbocycles. The fourth-order valence-corrected chi connectivity index (χ4v) is 1.46. The molecule has 2 N–H and O–H groups in total. The van der Waals surface area contributed by atoms with Crippen molar-refractivity contribution in [3.63, 3.8) is 0 Å². The number of anilines is 2. The Morgan fingerprint density at radius 1 is 0.938 bits per heavy atom. The van der Waals surface area contributed by atoms with Gasteiger partial charge in [0.1, 0.15) is 0 Å². The molecule has 3 nitrogen and oxygen atoms in total. The summed E-state index contributed by atoms with van der Waals surface area (Å²) in [4.78, 5) is 3.97. The molecule has 0 amide bonds. The molecule has 1 aromatic carbocycles. The number of nitrogens with zero attached hydrogens (tertiary/aromatic N) is 1. The summed E-state index contributed by atoms with van der Waals surface area (Å²) in [5, 5.41) is 6.44. The first kappa shape index (κ1) is 10.5. The van der Waals surface area contributed by atoms with E-state index in [9.17, 15) is 0 Å². The van der Waals surface area contributed by atoms with Crippen molar-refractivity contribution in [3.05, 3.63) is 54.4 Å². The topological polar surface area (TPSA) is 37.0 Å². The molecular weight excluding hydrogens is 198 g/mol. The van der Waals surface area contributed by atoms with Gasteiger partial charge in [-0.1, -0.05) is 12.1 Å². The Balaban J connectivity index is 1.94. The normalized spacial score (nSPS) is 9.81. The largest absolute Gasteiger partial charge is 0.388 e. The zero-order chi connectivity index (χ0) is 11.2. The molecule has 1 heterocycles. The van der Waals surface area contributed by atoms with Gasteiger partial charge in [0, 0.05) is 37.4 Å². The van der Waals surface area contributed by atoms with Crippen molar-refractivity contribution in [1.29, 1.82) is 0 Å². The van der Waals surface area contributed by atoms with Crippen LogP contribution in [-0.2, 0) is 6.54 Å². The minimum atomic E-state index is 0.827. The van der Waals surface area contributed by atoms with Gasteiger partial charge >= 0.3 is 0 Å². The van der Waals surface area contributed by atoms with E-state index >= 15 is 0 Å². The predicted molar refractivity (Wildman–Crippen MR) is 67.6 cm³/mol. The molecule has 0 aliphatic heterocycles. The van der Waals surface area contributed by atoms with E-state index in [4.69, 9.17) is 0 Å². The molecule has 0 bridgehead atoms. The highest BCUT2D eigenvalue weighted by Gasteiger charge is 1.94. The summed E-state index contributed by atoms with van der Waals surface area (Å²) in [6, 6.07) is 12.3. The molecule has 2 aromatic rings. The standard InChI is InChI=1S/C13H15N3/c1-14-12-4-2-11(3-5-12)10-16-13-6-8-15-9-7-13/h2-9,14H,10H2,1H3,(H,15,16). The third-order valence-corrected chi connectivity index (χ3v) is 2.42. The molecule has 0 aliphatic carbocycles. The average Bonchev–Trinajstić information content (AvgIpc) is 2.38. The first-order valence-corrected chi connectivity index (χ1v) is 5.29. The van der Waals surface area contributed by atoms with E-state index < -0.39 is 0 Å². The van der Waals surface area contributed by atoms with Crippen LogP contribution in [0.15, 0.2) is 48.8 Å². The van der Waals surface area contributed by atoms with Crippen LogP contribution in [0.1, 0.15) is 5.56 Å². The van der Waals surface area contributed by atoms with Crippen LogP contribution < -0.4 is 10.6 Å². The van der Waals surface area contributed by atoms with E-state index in [-0.39, 0.29) is 0 Å². The maximum absolute atomic E-state index is 3.97. The summed E-state index contributed by atoms with van der Waals surface area (Å²) in [7, 11) is 1.92. The van der Waals surface area contributed by atoms with E-state index in [1.165, 1.54) is 5.56 Å². The quantitative estimate of drug-likeness (QED) is 0.820. The minimum absolute atomic E-state index is 0.827. The van der Waals surface area contributed by atoms with Gasteiger partial charge in [-0.05, 0) is 29.8 Å². The molecule has 16 heavy (non-hydrogen) atoms. The zero-order valence-electron chi connectivity index (χ0n) is 9.27. The summed E-state index contributed by atoms with van der Waals surface area (Å²) in [5.74, 6) is 0. The second kappa shape index (κ2) is 5.16. The number of hydrogen-bond donors (Lipinski definition) is 2. The van der Waals surface area contributed by atoms with Crippen molar-refractivity contribution in [1.82, 2.24) is 4.98 Å². The van der Waals surface area contributed by atoms with Crippen molar-refractivity contribution >= 4 is 11.4 Å². The van der Waals surface area contributed by atoms with Gasteiger partial charge in [-0.3, -0.25) is 4.98 Å². The minimum Gasteiger partial charge on any atom is -0.388 e. The first-order chi connectivity index (χ1) is 7.88. The maximum atomic E-state index is 3.97. The van der Waals surface area contributed by atoms with E-state index in [2.05, 4.69) is 39.9 Å². The Bertz CT molecular complexity index is 423. The van der Waals surface area contributed by atoms with E-state index in [0.29, 0.717) is 0 Å². The van der Waals surface area contributed by atoms with Crippen molar-refractivity contribution in [2.45, 2.75) is 6.54 Å². The number of aromatic nitrogens is 1. The SMILES string of the molecule is CNc1ccc(CNc2ccncc2)cc1. The molecule has 0 fully saturated rings. The highest BCUT2D eigenvalue weighted by atomic mass is 14.9. The molecule has 0 aliphatic rings. The number of hydrogen-bond acceptors (Lipinski definition) is 3.